The van der Waals surface area contributed by atoms with Gasteiger partial charge in [0, 0.05) is 46.1 Å². The molecule has 0 aliphatic carbocycles. The first-order valence-electron chi connectivity index (χ1n) is 23.4. The lowest BCUT2D eigenvalue weighted by Crippen LogP contribution is -2.40. The van der Waals surface area contributed by atoms with E-state index in [9.17, 15) is 79.0 Å². The van der Waals surface area contributed by atoms with Crippen molar-refractivity contribution < 1.29 is 108 Å². The zero-order chi connectivity index (χ0) is 58.6. The standard InChI is InChI=1S/C48H58N6O24S/c55-41(56)21-49(22-42(57)58)11-13-75-15-17-77-29-39(51(25-45(63)64)26-46(65)66)35-19-31(3-9-37(35)53(71)72)1-5-33-7-8-34(79-33)6-2-32-4-10-38(54(73)74)36(20-32)40(52(27-47(67)68)28-48(69)70)30-78-18-16-76-14-12-50(23-43(59)60)24-44(61)62/h1-10,19-20,39-40H,11-18,21-30H2,(H,55,56)(H,57,58)(H,59,60)(H,61,62)(H,63,64)(H,65,66)(H,67,68)(H,69,70)/b5-1+,6-2+. The molecule has 430 valence electrons. The van der Waals surface area contributed by atoms with Crippen molar-refractivity contribution in [3.63, 3.8) is 0 Å². The average molecular weight is 1140 g/mol. The first kappa shape index (κ1) is 65.1. The third-order valence-electron chi connectivity index (χ3n) is 10.8. The van der Waals surface area contributed by atoms with Gasteiger partial charge < -0.3 is 59.8 Å². The molecule has 0 aliphatic rings. The minimum Gasteiger partial charge on any atom is -0.480 e. The van der Waals surface area contributed by atoms with Crippen LogP contribution in [-0.4, -0.2) is 236 Å². The molecule has 0 spiro atoms. The molecule has 0 aliphatic heterocycles. The third kappa shape index (κ3) is 25.3. The van der Waals surface area contributed by atoms with Crippen molar-refractivity contribution in [1.82, 2.24) is 19.6 Å². The molecule has 30 nitrogen and oxygen atoms in total. The molecule has 8 N–H and O–H groups in total. The van der Waals surface area contributed by atoms with Gasteiger partial charge >= 0.3 is 47.8 Å². The Morgan fingerprint density at radius 1 is 0.443 bits per heavy atom. The Morgan fingerprint density at radius 3 is 1.04 bits per heavy atom. The molecule has 1 heterocycles. The molecule has 2 atom stereocenters. The molecule has 0 amide bonds. The Morgan fingerprint density at radius 2 is 0.747 bits per heavy atom. The molecule has 0 fully saturated rings. The van der Waals surface area contributed by atoms with Crippen LogP contribution in [0.4, 0.5) is 11.4 Å². The summed E-state index contributed by atoms with van der Waals surface area (Å²) in [4.78, 5) is 121. The van der Waals surface area contributed by atoms with Gasteiger partial charge in [-0.1, -0.05) is 12.2 Å². The number of nitro groups is 2. The van der Waals surface area contributed by atoms with Crippen LogP contribution < -0.4 is 0 Å². The Bertz CT molecular complexity index is 2440. The number of benzene rings is 2. The summed E-state index contributed by atoms with van der Waals surface area (Å²) < 4.78 is 22.3. The fourth-order valence-electron chi connectivity index (χ4n) is 7.57. The second-order valence-corrected chi connectivity index (χ2v) is 18.0. The van der Waals surface area contributed by atoms with E-state index in [1.165, 1.54) is 35.6 Å². The predicted molar refractivity (Wildman–Crippen MR) is 274 cm³/mol. The Kier molecular flexibility index (Phi) is 27.9. The zero-order valence-electron chi connectivity index (χ0n) is 42.0. The highest BCUT2D eigenvalue weighted by Gasteiger charge is 2.33. The molecule has 3 rings (SSSR count). The Hall–Kier alpha value is -8.14. The second kappa shape index (κ2) is 33.9. The molecule has 0 saturated heterocycles. The van der Waals surface area contributed by atoms with Gasteiger partial charge in [-0.15, -0.1) is 11.3 Å². The molecule has 1 aromatic heterocycles. The lowest BCUT2D eigenvalue weighted by Gasteiger charge is -2.29. The summed E-state index contributed by atoms with van der Waals surface area (Å²) >= 11 is 1.26. The van der Waals surface area contributed by atoms with Crippen molar-refractivity contribution >= 4 is 94.8 Å². The Labute approximate surface area is 452 Å². The van der Waals surface area contributed by atoms with Gasteiger partial charge in [0.15, 0.2) is 0 Å². The van der Waals surface area contributed by atoms with Gasteiger partial charge in [0.2, 0.25) is 0 Å². The van der Waals surface area contributed by atoms with Crippen molar-refractivity contribution in [3.8, 4) is 0 Å². The van der Waals surface area contributed by atoms with E-state index in [0.717, 1.165) is 31.7 Å². The summed E-state index contributed by atoms with van der Waals surface area (Å²) in [5, 5.41) is 99.5. The average Bonchev–Trinajstić information content (AvgIpc) is 3.81. The number of carboxylic acids is 8. The van der Waals surface area contributed by atoms with E-state index in [0.29, 0.717) is 20.9 Å². The fraction of sp³-hybridized carbons (Fsp3) is 0.417. The van der Waals surface area contributed by atoms with Gasteiger partial charge in [0.25, 0.3) is 11.4 Å². The summed E-state index contributed by atoms with van der Waals surface area (Å²) in [6, 6.07) is 8.72. The lowest BCUT2D eigenvalue weighted by atomic mass is 10.00. The van der Waals surface area contributed by atoms with Gasteiger partial charge in [0.1, 0.15) is 0 Å². The van der Waals surface area contributed by atoms with Crippen LogP contribution in [-0.2, 0) is 57.3 Å². The number of hydrogen-bond donors (Lipinski definition) is 8. The van der Waals surface area contributed by atoms with E-state index < -0.39 is 147 Å². The topological polar surface area (TPSA) is 435 Å². The highest BCUT2D eigenvalue weighted by Crippen LogP contribution is 2.34. The van der Waals surface area contributed by atoms with Crippen molar-refractivity contribution in [3.05, 3.63) is 101 Å². The number of thiophene rings is 1. The largest absolute Gasteiger partial charge is 0.480 e. The minimum absolute atomic E-state index is 0.0650. The lowest BCUT2D eigenvalue weighted by molar-refractivity contribution is -0.386. The summed E-state index contributed by atoms with van der Waals surface area (Å²) in [7, 11) is 0. The normalized spacial score (nSPS) is 12.4. The first-order chi connectivity index (χ1) is 37.4. The zero-order valence-corrected chi connectivity index (χ0v) is 42.8. The van der Waals surface area contributed by atoms with E-state index in [2.05, 4.69) is 0 Å². The van der Waals surface area contributed by atoms with Gasteiger partial charge in [0.05, 0.1) is 127 Å². The van der Waals surface area contributed by atoms with Crippen molar-refractivity contribution in [2.75, 3.05) is 118 Å². The van der Waals surface area contributed by atoms with Crippen molar-refractivity contribution in [2.45, 2.75) is 12.1 Å². The van der Waals surface area contributed by atoms with Crippen molar-refractivity contribution in [2.24, 2.45) is 0 Å². The maximum atomic E-state index is 12.3. The van der Waals surface area contributed by atoms with Crippen LogP contribution >= 0.6 is 11.3 Å². The van der Waals surface area contributed by atoms with Crippen LogP contribution in [0.5, 0.6) is 0 Å². The molecule has 79 heavy (non-hydrogen) atoms. The van der Waals surface area contributed by atoms with Gasteiger partial charge in [-0.25, -0.2) is 0 Å². The number of hydrogen-bond acceptors (Lipinski definition) is 21. The fourth-order valence-corrected chi connectivity index (χ4v) is 8.38. The van der Waals surface area contributed by atoms with E-state index in [4.69, 9.17) is 39.4 Å². The second-order valence-electron chi connectivity index (χ2n) is 16.8. The number of aliphatic carboxylic acids is 8. The molecule has 2 aromatic carbocycles. The molecule has 0 radical (unpaired) electrons. The highest BCUT2D eigenvalue weighted by atomic mass is 32.1. The van der Waals surface area contributed by atoms with Gasteiger partial charge in [-0.2, -0.15) is 0 Å². The smallest absolute Gasteiger partial charge is 0.317 e. The molecule has 31 heteroatoms. The number of nitrogens with zero attached hydrogens (tertiary/aromatic N) is 6. The molecule has 0 bridgehead atoms. The van der Waals surface area contributed by atoms with E-state index in [1.807, 2.05) is 0 Å². The van der Waals surface area contributed by atoms with Gasteiger partial charge in [-0.05, 0) is 59.7 Å². The number of nitro benzene ring substituents is 2. The third-order valence-corrected chi connectivity index (χ3v) is 11.8. The maximum absolute atomic E-state index is 12.3. The monoisotopic (exact) mass is 1130 g/mol. The predicted octanol–water partition coefficient (Wildman–Crippen LogP) is 1.94. The highest BCUT2D eigenvalue weighted by molar-refractivity contribution is 7.13. The quantitative estimate of drug-likeness (QED) is 0.0228. The van der Waals surface area contributed by atoms with Crippen LogP contribution in [0.1, 0.15) is 44.1 Å². The summed E-state index contributed by atoms with van der Waals surface area (Å²) in [6.45, 7) is -7.56. The SMILES string of the molecule is O=C(O)CN(CCOCCOCC(c1cc(/C=C/c2ccc(/C=C/c3ccc([N+](=O)[O-])c(C(COCCOCCN(CC(=O)O)CC(=O)O)N(CC(=O)O)CC(=O)O)c3)s2)ccc1[N+](=O)[O-])N(CC(=O)O)CC(=O)O)CC(=O)O. The molecule has 2 unspecified atom stereocenters. The van der Waals surface area contributed by atoms with E-state index in [-0.39, 0.29) is 63.9 Å². The van der Waals surface area contributed by atoms with Crippen LogP contribution in [0.3, 0.4) is 0 Å². The maximum Gasteiger partial charge on any atom is 0.317 e. The molecular weight excluding hydrogens is 1080 g/mol. The number of rotatable bonds is 42. The van der Waals surface area contributed by atoms with Gasteiger partial charge in [-0.3, -0.25) is 78.2 Å². The number of ether oxygens (including phenoxy) is 4. The summed E-state index contributed by atoms with van der Waals surface area (Å²) in [5.41, 5.74) is -0.379. The van der Waals surface area contributed by atoms with E-state index in [1.54, 1.807) is 36.4 Å². The van der Waals surface area contributed by atoms with Crippen LogP contribution in [0.15, 0.2) is 48.5 Å². The molecule has 0 saturated carbocycles. The molecule has 3 aromatic rings. The van der Waals surface area contributed by atoms with Crippen LogP contribution in [0, 0.1) is 20.2 Å². The summed E-state index contributed by atoms with van der Waals surface area (Å²) in [6.07, 6.45) is 6.49. The molecular formula is C48H58N6O24S. The van der Waals surface area contributed by atoms with E-state index >= 15 is 0 Å². The van der Waals surface area contributed by atoms with Crippen molar-refractivity contribution in [1.29, 1.82) is 0 Å². The Balaban J connectivity index is 1.87. The van der Waals surface area contributed by atoms with Crippen LogP contribution in [0.25, 0.3) is 24.3 Å². The number of carboxylic acid groups (broad SMARTS) is 8. The number of carbonyl (C=O) groups is 8. The first-order valence-corrected chi connectivity index (χ1v) is 24.2. The van der Waals surface area contributed by atoms with Crippen LogP contribution in [0.2, 0.25) is 0 Å². The minimum atomic E-state index is -1.44. The summed E-state index contributed by atoms with van der Waals surface area (Å²) in [5.74, 6) is -10.8.